The summed E-state index contributed by atoms with van der Waals surface area (Å²) in [5.74, 6) is -0.164. The van der Waals surface area contributed by atoms with E-state index in [0.29, 0.717) is 6.42 Å². The molecule has 0 amide bonds. The molecule has 0 radical (unpaired) electrons. The van der Waals surface area contributed by atoms with Gasteiger partial charge in [0, 0.05) is 5.92 Å². The quantitative estimate of drug-likeness (QED) is 0.538. The molecular formula is C12H14O2. The van der Waals surface area contributed by atoms with Gasteiger partial charge in [0.1, 0.15) is 0 Å². The number of hydrogen-bond acceptors (Lipinski definition) is 2. The number of hydrogen-bond donors (Lipinski definition) is 0. The highest BCUT2D eigenvalue weighted by atomic mass is 16.5. The van der Waals surface area contributed by atoms with E-state index in [4.69, 9.17) is 0 Å². The van der Waals surface area contributed by atoms with Gasteiger partial charge in [-0.3, -0.25) is 4.79 Å². The Hall–Kier alpha value is -1.57. The van der Waals surface area contributed by atoms with Gasteiger partial charge < -0.3 is 4.74 Å². The van der Waals surface area contributed by atoms with E-state index in [1.165, 1.54) is 7.11 Å². The van der Waals surface area contributed by atoms with Crippen LogP contribution in [0.5, 0.6) is 0 Å². The molecular weight excluding hydrogens is 176 g/mol. The number of esters is 1. The molecule has 0 aliphatic heterocycles. The molecule has 0 aliphatic carbocycles. The maximum atomic E-state index is 11.1. The van der Waals surface area contributed by atoms with E-state index in [0.717, 1.165) is 5.56 Å². The highest BCUT2D eigenvalue weighted by Crippen LogP contribution is 2.20. The SMILES string of the molecule is C=CC(CC(=O)OC)c1ccccc1. The normalized spacial score (nSPS) is 11.8. The summed E-state index contributed by atoms with van der Waals surface area (Å²) in [5.41, 5.74) is 1.09. The second kappa shape index (κ2) is 5.22. The molecule has 1 aromatic rings. The Balaban J connectivity index is 2.73. The summed E-state index contributed by atoms with van der Waals surface area (Å²) in [5, 5.41) is 0. The summed E-state index contributed by atoms with van der Waals surface area (Å²) < 4.78 is 4.62. The minimum Gasteiger partial charge on any atom is -0.469 e. The van der Waals surface area contributed by atoms with Gasteiger partial charge in [0.15, 0.2) is 0 Å². The molecule has 2 heteroatoms. The summed E-state index contributed by atoms with van der Waals surface area (Å²) in [7, 11) is 1.40. The lowest BCUT2D eigenvalue weighted by atomic mass is 9.96. The molecule has 0 saturated heterocycles. The summed E-state index contributed by atoms with van der Waals surface area (Å²) >= 11 is 0. The molecule has 0 aliphatic rings. The van der Waals surface area contributed by atoms with Gasteiger partial charge in [-0.25, -0.2) is 0 Å². The number of carbonyl (C=O) groups is 1. The molecule has 1 rings (SSSR count). The van der Waals surface area contributed by atoms with Crippen LogP contribution in [0.15, 0.2) is 43.0 Å². The molecule has 0 aromatic heterocycles. The number of carbonyl (C=O) groups excluding carboxylic acids is 1. The van der Waals surface area contributed by atoms with Crippen molar-refractivity contribution in [1.29, 1.82) is 0 Å². The second-order valence-corrected chi connectivity index (χ2v) is 3.03. The molecule has 2 nitrogen and oxygen atoms in total. The van der Waals surface area contributed by atoms with Gasteiger partial charge in [-0.15, -0.1) is 6.58 Å². The Kier molecular flexibility index (Phi) is 3.92. The van der Waals surface area contributed by atoms with Gasteiger partial charge in [-0.2, -0.15) is 0 Å². The fraction of sp³-hybridized carbons (Fsp3) is 0.250. The van der Waals surface area contributed by atoms with E-state index in [1.807, 2.05) is 30.3 Å². The third-order valence-electron chi connectivity index (χ3n) is 2.13. The molecule has 0 saturated carbocycles. The molecule has 1 atom stereocenters. The van der Waals surface area contributed by atoms with Crippen molar-refractivity contribution in [2.45, 2.75) is 12.3 Å². The van der Waals surface area contributed by atoms with Crippen LogP contribution in [0.2, 0.25) is 0 Å². The lowest BCUT2D eigenvalue weighted by molar-refractivity contribution is -0.140. The Bertz CT molecular complexity index is 303. The van der Waals surface area contributed by atoms with E-state index in [2.05, 4.69) is 11.3 Å². The molecule has 0 N–H and O–H groups in total. The number of allylic oxidation sites excluding steroid dienone is 1. The zero-order valence-electron chi connectivity index (χ0n) is 8.27. The van der Waals surface area contributed by atoms with E-state index in [1.54, 1.807) is 6.08 Å². The first kappa shape index (κ1) is 10.5. The monoisotopic (exact) mass is 190 g/mol. The van der Waals surface area contributed by atoms with Crippen molar-refractivity contribution in [3.05, 3.63) is 48.6 Å². The van der Waals surface area contributed by atoms with Crippen LogP contribution in [0.4, 0.5) is 0 Å². The summed E-state index contributed by atoms with van der Waals surface area (Å²) in [4.78, 5) is 11.1. The topological polar surface area (TPSA) is 26.3 Å². The zero-order valence-corrected chi connectivity index (χ0v) is 8.27. The van der Waals surface area contributed by atoms with E-state index < -0.39 is 0 Å². The molecule has 1 aromatic carbocycles. The Morgan fingerprint density at radius 3 is 2.64 bits per heavy atom. The Labute approximate surface area is 84.2 Å². The minimum absolute atomic E-state index is 0.0450. The number of methoxy groups -OCH3 is 1. The molecule has 14 heavy (non-hydrogen) atoms. The minimum atomic E-state index is -0.209. The van der Waals surface area contributed by atoms with Gasteiger partial charge in [-0.1, -0.05) is 36.4 Å². The molecule has 0 spiro atoms. The van der Waals surface area contributed by atoms with Crippen LogP contribution in [-0.4, -0.2) is 13.1 Å². The smallest absolute Gasteiger partial charge is 0.306 e. The molecule has 0 heterocycles. The zero-order chi connectivity index (χ0) is 10.4. The van der Waals surface area contributed by atoms with Crippen molar-refractivity contribution < 1.29 is 9.53 Å². The predicted octanol–water partition coefficient (Wildman–Crippen LogP) is 2.52. The molecule has 0 fully saturated rings. The van der Waals surface area contributed by atoms with Crippen molar-refractivity contribution in [2.75, 3.05) is 7.11 Å². The third-order valence-corrected chi connectivity index (χ3v) is 2.13. The van der Waals surface area contributed by atoms with E-state index in [-0.39, 0.29) is 11.9 Å². The van der Waals surface area contributed by atoms with Crippen molar-refractivity contribution in [3.63, 3.8) is 0 Å². The van der Waals surface area contributed by atoms with Crippen molar-refractivity contribution in [2.24, 2.45) is 0 Å². The van der Waals surface area contributed by atoms with Gasteiger partial charge in [0.05, 0.1) is 13.5 Å². The van der Waals surface area contributed by atoms with Gasteiger partial charge in [-0.05, 0) is 5.56 Å². The van der Waals surface area contributed by atoms with Crippen LogP contribution in [0.3, 0.4) is 0 Å². The molecule has 1 unspecified atom stereocenters. The van der Waals surface area contributed by atoms with Crippen LogP contribution < -0.4 is 0 Å². The fourth-order valence-corrected chi connectivity index (χ4v) is 1.30. The van der Waals surface area contributed by atoms with Crippen LogP contribution in [0.1, 0.15) is 17.9 Å². The van der Waals surface area contributed by atoms with Crippen molar-refractivity contribution in [3.8, 4) is 0 Å². The highest BCUT2D eigenvalue weighted by Gasteiger charge is 2.12. The van der Waals surface area contributed by atoms with Crippen LogP contribution in [-0.2, 0) is 9.53 Å². The van der Waals surface area contributed by atoms with Gasteiger partial charge in [0.2, 0.25) is 0 Å². The summed E-state index contributed by atoms with van der Waals surface area (Å²) in [6.45, 7) is 3.72. The van der Waals surface area contributed by atoms with Crippen molar-refractivity contribution in [1.82, 2.24) is 0 Å². The summed E-state index contributed by atoms with van der Waals surface area (Å²) in [6, 6.07) is 9.80. The standard InChI is InChI=1S/C12H14O2/c1-3-10(9-12(13)14-2)11-7-5-4-6-8-11/h3-8,10H,1,9H2,2H3. The first-order valence-electron chi connectivity index (χ1n) is 4.52. The lowest BCUT2D eigenvalue weighted by Crippen LogP contribution is -2.06. The van der Waals surface area contributed by atoms with Crippen LogP contribution in [0, 0.1) is 0 Å². The molecule has 74 valence electrons. The average molecular weight is 190 g/mol. The summed E-state index contributed by atoms with van der Waals surface area (Å²) in [6.07, 6.45) is 2.12. The first-order valence-corrected chi connectivity index (χ1v) is 4.52. The van der Waals surface area contributed by atoms with Gasteiger partial charge in [0.25, 0.3) is 0 Å². The number of ether oxygens (including phenoxy) is 1. The van der Waals surface area contributed by atoms with Gasteiger partial charge >= 0.3 is 5.97 Å². The lowest BCUT2D eigenvalue weighted by Gasteiger charge is -2.10. The average Bonchev–Trinajstić information content (AvgIpc) is 2.26. The highest BCUT2D eigenvalue weighted by molar-refractivity contribution is 5.70. The number of benzene rings is 1. The Morgan fingerprint density at radius 1 is 1.50 bits per heavy atom. The van der Waals surface area contributed by atoms with E-state index in [9.17, 15) is 4.79 Å². The first-order chi connectivity index (χ1) is 6.77. The maximum Gasteiger partial charge on any atom is 0.306 e. The van der Waals surface area contributed by atoms with Crippen LogP contribution >= 0.6 is 0 Å². The largest absolute Gasteiger partial charge is 0.469 e. The third kappa shape index (κ3) is 2.73. The second-order valence-electron chi connectivity index (χ2n) is 3.03. The molecule has 0 bridgehead atoms. The number of rotatable bonds is 4. The predicted molar refractivity (Wildman–Crippen MR) is 56.0 cm³/mol. The Morgan fingerprint density at radius 2 is 2.14 bits per heavy atom. The van der Waals surface area contributed by atoms with Crippen molar-refractivity contribution >= 4 is 5.97 Å². The maximum absolute atomic E-state index is 11.1. The fourth-order valence-electron chi connectivity index (χ4n) is 1.30. The van der Waals surface area contributed by atoms with Crippen LogP contribution in [0.25, 0.3) is 0 Å². The van der Waals surface area contributed by atoms with E-state index >= 15 is 0 Å².